The monoisotopic (exact) mass is 253 g/mol. The fraction of sp³-hybridized carbons (Fsp3) is 0. The van der Waals surface area contributed by atoms with E-state index in [0.29, 0.717) is 0 Å². The van der Waals surface area contributed by atoms with E-state index in [4.69, 9.17) is 4.74 Å². The van der Waals surface area contributed by atoms with Gasteiger partial charge in [0.25, 0.3) is 0 Å². The highest BCUT2D eigenvalue weighted by atomic mass is 32.1. The van der Waals surface area contributed by atoms with E-state index in [0.717, 1.165) is 27.3 Å². The van der Waals surface area contributed by atoms with Crippen molar-refractivity contribution in [2.45, 2.75) is 4.90 Å². The summed E-state index contributed by atoms with van der Waals surface area (Å²) in [6, 6.07) is 17.4. The number of hydrogen-bond acceptors (Lipinski definition) is 3. The maximum atomic E-state index is 5.85. The van der Waals surface area contributed by atoms with Gasteiger partial charge in [-0.2, -0.15) is 0 Å². The SMILES string of the molecule is Sc1ccc(Oc2cccc3cccnc23)cc1. The number of aromatic nitrogens is 1. The molecule has 1 aromatic heterocycles. The standard InChI is InChI=1S/C15H11NOS/c18-13-8-6-12(7-9-13)17-14-5-1-3-11-4-2-10-16-15(11)14/h1-10,18H. The minimum absolute atomic E-state index is 0.764. The highest BCUT2D eigenvalue weighted by molar-refractivity contribution is 7.80. The molecule has 3 rings (SSSR count). The van der Waals surface area contributed by atoms with Gasteiger partial charge in [0.05, 0.1) is 0 Å². The maximum absolute atomic E-state index is 5.85. The molecule has 0 fully saturated rings. The molecule has 3 heteroatoms. The summed E-state index contributed by atoms with van der Waals surface area (Å²) < 4.78 is 5.85. The van der Waals surface area contributed by atoms with Gasteiger partial charge in [-0.15, -0.1) is 12.6 Å². The second-order valence-corrected chi connectivity index (χ2v) is 4.44. The Morgan fingerprint density at radius 3 is 2.50 bits per heavy atom. The molecule has 0 atom stereocenters. The Labute approximate surface area is 111 Å². The van der Waals surface area contributed by atoms with Gasteiger partial charge in [-0.25, -0.2) is 0 Å². The molecule has 0 aliphatic heterocycles. The van der Waals surface area contributed by atoms with Gasteiger partial charge in [0.1, 0.15) is 11.3 Å². The van der Waals surface area contributed by atoms with Crippen molar-refractivity contribution in [2.24, 2.45) is 0 Å². The first-order chi connectivity index (χ1) is 8.83. The van der Waals surface area contributed by atoms with Crippen LogP contribution in [0.5, 0.6) is 11.5 Å². The fourth-order valence-corrected chi connectivity index (χ4v) is 1.95. The van der Waals surface area contributed by atoms with Crippen molar-refractivity contribution in [1.29, 1.82) is 0 Å². The Bertz CT molecular complexity index is 674. The minimum Gasteiger partial charge on any atom is -0.455 e. The highest BCUT2D eigenvalue weighted by Crippen LogP contribution is 2.28. The quantitative estimate of drug-likeness (QED) is 0.687. The predicted molar refractivity (Wildman–Crippen MR) is 75.5 cm³/mol. The second kappa shape index (κ2) is 4.70. The van der Waals surface area contributed by atoms with Gasteiger partial charge in [0.15, 0.2) is 5.75 Å². The number of pyridine rings is 1. The molecule has 18 heavy (non-hydrogen) atoms. The van der Waals surface area contributed by atoms with Crippen molar-refractivity contribution < 1.29 is 4.74 Å². The number of ether oxygens (including phenoxy) is 1. The number of fused-ring (bicyclic) bond motifs is 1. The molecule has 88 valence electrons. The van der Waals surface area contributed by atoms with E-state index in [2.05, 4.69) is 17.6 Å². The summed E-state index contributed by atoms with van der Waals surface area (Å²) in [5.74, 6) is 1.55. The number of benzene rings is 2. The summed E-state index contributed by atoms with van der Waals surface area (Å²) in [5, 5.41) is 1.07. The third-order valence-corrected chi connectivity index (χ3v) is 2.96. The third-order valence-electron chi connectivity index (χ3n) is 2.66. The summed E-state index contributed by atoms with van der Waals surface area (Å²) in [4.78, 5) is 5.27. The van der Waals surface area contributed by atoms with Crippen LogP contribution in [0.25, 0.3) is 10.9 Å². The normalized spacial score (nSPS) is 10.5. The maximum Gasteiger partial charge on any atom is 0.153 e. The molecule has 0 N–H and O–H groups in total. The van der Waals surface area contributed by atoms with Crippen LogP contribution < -0.4 is 4.74 Å². The molecule has 0 aliphatic rings. The first-order valence-corrected chi connectivity index (χ1v) is 6.08. The van der Waals surface area contributed by atoms with E-state index in [1.54, 1.807) is 6.20 Å². The van der Waals surface area contributed by atoms with Crippen LogP contribution >= 0.6 is 12.6 Å². The van der Waals surface area contributed by atoms with Gasteiger partial charge in [-0.1, -0.05) is 18.2 Å². The lowest BCUT2D eigenvalue weighted by Gasteiger charge is -2.08. The van der Waals surface area contributed by atoms with Gasteiger partial charge in [0, 0.05) is 16.5 Å². The van der Waals surface area contributed by atoms with Crippen LogP contribution in [0.2, 0.25) is 0 Å². The first kappa shape index (κ1) is 11.1. The minimum atomic E-state index is 0.764. The van der Waals surface area contributed by atoms with Crippen molar-refractivity contribution in [2.75, 3.05) is 0 Å². The lowest BCUT2D eigenvalue weighted by molar-refractivity contribution is 0.487. The summed E-state index contributed by atoms with van der Waals surface area (Å²) in [6.45, 7) is 0. The molecule has 0 radical (unpaired) electrons. The number of rotatable bonds is 2. The summed E-state index contributed by atoms with van der Waals surface area (Å²) in [6.07, 6.45) is 1.77. The molecule has 0 unspecified atom stereocenters. The Morgan fingerprint density at radius 1 is 0.889 bits per heavy atom. The zero-order valence-electron chi connectivity index (χ0n) is 9.58. The van der Waals surface area contributed by atoms with Crippen LogP contribution in [0.1, 0.15) is 0 Å². The van der Waals surface area contributed by atoms with Gasteiger partial charge >= 0.3 is 0 Å². The number of para-hydroxylation sites is 1. The highest BCUT2D eigenvalue weighted by Gasteiger charge is 2.03. The van der Waals surface area contributed by atoms with Crippen LogP contribution in [0.4, 0.5) is 0 Å². The topological polar surface area (TPSA) is 22.1 Å². The zero-order chi connectivity index (χ0) is 12.4. The molecular formula is C15H11NOS. The third kappa shape index (κ3) is 2.17. The molecule has 0 aliphatic carbocycles. The fourth-order valence-electron chi connectivity index (χ4n) is 1.80. The van der Waals surface area contributed by atoms with E-state index in [9.17, 15) is 0 Å². The molecule has 1 heterocycles. The van der Waals surface area contributed by atoms with Gasteiger partial charge in [-0.3, -0.25) is 4.98 Å². The molecule has 3 aromatic rings. The molecule has 0 bridgehead atoms. The van der Waals surface area contributed by atoms with Crippen LogP contribution in [0, 0.1) is 0 Å². The molecule has 0 saturated heterocycles. The number of thiol groups is 1. The van der Waals surface area contributed by atoms with Crippen LogP contribution in [0.3, 0.4) is 0 Å². The largest absolute Gasteiger partial charge is 0.455 e. The van der Waals surface area contributed by atoms with E-state index in [1.807, 2.05) is 54.6 Å². The Kier molecular flexibility index (Phi) is 2.90. The van der Waals surface area contributed by atoms with E-state index < -0.39 is 0 Å². The van der Waals surface area contributed by atoms with Crippen LogP contribution in [-0.4, -0.2) is 4.98 Å². The van der Waals surface area contributed by atoms with E-state index in [1.165, 1.54) is 0 Å². The number of hydrogen-bond donors (Lipinski definition) is 1. The van der Waals surface area contributed by atoms with Crippen molar-refractivity contribution in [3.63, 3.8) is 0 Å². The smallest absolute Gasteiger partial charge is 0.153 e. The Hall–Kier alpha value is -2.00. The summed E-state index contributed by atoms with van der Waals surface area (Å²) >= 11 is 4.25. The first-order valence-electron chi connectivity index (χ1n) is 5.63. The lowest BCUT2D eigenvalue weighted by atomic mass is 10.2. The van der Waals surface area contributed by atoms with Crippen LogP contribution in [0.15, 0.2) is 65.7 Å². The molecule has 0 spiro atoms. The Morgan fingerprint density at radius 2 is 1.67 bits per heavy atom. The van der Waals surface area contributed by atoms with E-state index >= 15 is 0 Å². The van der Waals surface area contributed by atoms with Crippen molar-refractivity contribution >= 4 is 23.5 Å². The molecular weight excluding hydrogens is 242 g/mol. The van der Waals surface area contributed by atoms with E-state index in [-0.39, 0.29) is 0 Å². The number of nitrogens with zero attached hydrogens (tertiary/aromatic N) is 1. The summed E-state index contributed by atoms with van der Waals surface area (Å²) in [7, 11) is 0. The molecule has 2 nitrogen and oxygen atoms in total. The van der Waals surface area contributed by atoms with Crippen molar-refractivity contribution in [1.82, 2.24) is 4.98 Å². The molecule has 2 aromatic carbocycles. The molecule has 0 saturated carbocycles. The second-order valence-electron chi connectivity index (χ2n) is 3.93. The van der Waals surface area contributed by atoms with Gasteiger partial charge in [0.2, 0.25) is 0 Å². The Balaban J connectivity index is 2.02. The zero-order valence-corrected chi connectivity index (χ0v) is 10.5. The lowest BCUT2D eigenvalue weighted by Crippen LogP contribution is -1.87. The van der Waals surface area contributed by atoms with Crippen LogP contribution in [-0.2, 0) is 0 Å². The molecule has 0 amide bonds. The average molecular weight is 253 g/mol. The average Bonchev–Trinajstić information content (AvgIpc) is 2.42. The predicted octanol–water partition coefficient (Wildman–Crippen LogP) is 4.32. The van der Waals surface area contributed by atoms with Crippen molar-refractivity contribution in [3.05, 3.63) is 60.8 Å². The van der Waals surface area contributed by atoms with Crippen molar-refractivity contribution in [3.8, 4) is 11.5 Å². The van der Waals surface area contributed by atoms with Gasteiger partial charge in [-0.05, 0) is 36.4 Å². The summed E-state index contributed by atoms with van der Waals surface area (Å²) in [5.41, 5.74) is 0.870. The van der Waals surface area contributed by atoms with Gasteiger partial charge < -0.3 is 4.74 Å².